The zero-order valence-electron chi connectivity index (χ0n) is 20.5. The van der Waals surface area contributed by atoms with Crippen LogP contribution in [0.3, 0.4) is 0 Å². The molecule has 1 aromatic carbocycles. The lowest BCUT2D eigenvalue weighted by Crippen LogP contribution is -2.45. The normalized spacial score (nSPS) is 22.3. The molecule has 37 heavy (non-hydrogen) atoms. The van der Waals surface area contributed by atoms with Crippen molar-refractivity contribution >= 4 is 5.91 Å². The highest BCUT2D eigenvalue weighted by Crippen LogP contribution is 2.38. The van der Waals surface area contributed by atoms with Crippen LogP contribution < -0.4 is 0 Å². The molecule has 1 saturated heterocycles. The van der Waals surface area contributed by atoms with Crippen LogP contribution >= 0.6 is 0 Å². The van der Waals surface area contributed by atoms with Crippen molar-refractivity contribution in [1.29, 1.82) is 0 Å². The first-order valence-electron chi connectivity index (χ1n) is 12.8. The van der Waals surface area contributed by atoms with Crippen LogP contribution in [0.1, 0.15) is 72.1 Å². The van der Waals surface area contributed by atoms with E-state index in [4.69, 9.17) is 4.74 Å². The highest BCUT2D eigenvalue weighted by molar-refractivity contribution is 5.95. The number of hydrogen-bond acceptors (Lipinski definition) is 5. The van der Waals surface area contributed by atoms with Crippen molar-refractivity contribution in [3.63, 3.8) is 0 Å². The summed E-state index contributed by atoms with van der Waals surface area (Å²) in [7, 11) is 0. The molecule has 2 aromatic heterocycles. The molecule has 1 aliphatic heterocycles. The molecular weight excluding hydrogens is 485 g/mol. The van der Waals surface area contributed by atoms with Crippen LogP contribution in [0, 0.1) is 12.8 Å². The number of aryl methyl sites for hydroxylation is 1. The van der Waals surface area contributed by atoms with Crippen LogP contribution in [-0.4, -0.2) is 54.2 Å². The summed E-state index contributed by atoms with van der Waals surface area (Å²) in [5, 5.41) is 8.75. The number of carbonyl (C=O) groups excluding carboxylic acids is 1. The van der Waals surface area contributed by atoms with Crippen molar-refractivity contribution in [2.75, 3.05) is 6.61 Å². The topological polar surface area (TPSA) is 88.9 Å². The van der Waals surface area contributed by atoms with Gasteiger partial charge in [-0.2, -0.15) is 13.2 Å². The molecule has 2 saturated carbocycles. The maximum absolute atomic E-state index is 13.4. The van der Waals surface area contributed by atoms with Gasteiger partial charge in [-0.15, -0.1) is 10.2 Å². The SMILES string of the molecule is Cc1ncn(CC2CC2)c1-c1nnc([C@@H]2C[C@H](N(C(=O)c3cccc(C(F)(F)F)c3)C3CC3)CCO2)[nH]1. The lowest BCUT2D eigenvalue weighted by atomic mass is 9.99. The monoisotopic (exact) mass is 514 g/mol. The summed E-state index contributed by atoms with van der Waals surface area (Å²) < 4.78 is 47.9. The van der Waals surface area contributed by atoms with Crippen molar-refractivity contribution in [2.24, 2.45) is 5.92 Å². The second-order valence-corrected chi connectivity index (χ2v) is 10.4. The molecule has 6 rings (SSSR count). The lowest BCUT2D eigenvalue weighted by Gasteiger charge is -2.37. The number of aromatic nitrogens is 5. The van der Waals surface area contributed by atoms with E-state index in [1.807, 2.05) is 13.3 Å². The summed E-state index contributed by atoms with van der Waals surface area (Å²) in [5.74, 6) is 1.54. The Morgan fingerprint density at radius 2 is 1.97 bits per heavy atom. The Bertz CT molecular complexity index is 1290. The standard InChI is InChI=1S/C26H29F3N6O2/c1-15-22(34(14-30-15)13-16-5-6-16)24-31-23(32-33-24)21-12-20(9-10-37-21)35(19-7-8-19)25(36)17-3-2-4-18(11-17)26(27,28)29/h2-4,11,14,16,19-21H,5-10,12-13H2,1H3,(H,31,32,33)/t20-,21+/m1/s1. The molecule has 0 radical (unpaired) electrons. The molecule has 0 bridgehead atoms. The smallest absolute Gasteiger partial charge is 0.370 e. The van der Waals surface area contributed by atoms with E-state index in [1.54, 1.807) is 4.90 Å². The van der Waals surface area contributed by atoms with E-state index in [0.29, 0.717) is 37.0 Å². The summed E-state index contributed by atoms with van der Waals surface area (Å²) in [6, 6.07) is 4.56. The van der Waals surface area contributed by atoms with E-state index in [1.165, 1.54) is 25.0 Å². The Balaban J connectivity index is 1.21. The van der Waals surface area contributed by atoms with Crippen molar-refractivity contribution < 1.29 is 22.7 Å². The van der Waals surface area contributed by atoms with Crippen LogP contribution in [0.5, 0.6) is 0 Å². The highest BCUT2D eigenvalue weighted by atomic mass is 19.4. The largest absolute Gasteiger partial charge is 0.416 e. The van der Waals surface area contributed by atoms with Crippen LogP contribution in [0.15, 0.2) is 30.6 Å². The van der Waals surface area contributed by atoms with Gasteiger partial charge in [0.15, 0.2) is 11.6 Å². The molecule has 1 N–H and O–H groups in total. The average molecular weight is 515 g/mol. The number of nitrogens with zero attached hydrogens (tertiary/aromatic N) is 5. The zero-order chi connectivity index (χ0) is 25.7. The number of hydrogen-bond donors (Lipinski definition) is 1. The molecular formula is C26H29F3N6O2. The minimum atomic E-state index is -4.50. The second kappa shape index (κ2) is 9.27. The molecule has 2 aliphatic carbocycles. The van der Waals surface area contributed by atoms with Gasteiger partial charge in [0, 0.05) is 37.2 Å². The fraction of sp³-hybridized carbons (Fsp3) is 0.538. The molecule has 3 fully saturated rings. The van der Waals surface area contributed by atoms with Crippen LogP contribution in [0.25, 0.3) is 11.5 Å². The van der Waals surface area contributed by atoms with Gasteiger partial charge in [-0.1, -0.05) is 6.07 Å². The van der Waals surface area contributed by atoms with E-state index in [-0.39, 0.29) is 23.6 Å². The molecule has 3 heterocycles. The number of amides is 1. The van der Waals surface area contributed by atoms with Gasteiger partial charge in [0.25, 0.3) is 5.91 Å². The number of H-pyrrole nitrogens is 1. The summed E-state index contributed by atoms with van der Waals surface area (Å²) in [6.07, 6.45) is 2.22. The van der Waals surface area contributed by atoms with Crippen LogP contribution in [-0.2, 0) is 17.5 Å². The first kappa shape index (κ1) is 24.1. The summed E-state index contributed by atoms with van der Waals surface area (Å²) in [5.41, 5.74) is 1.03. The number of nitrogens with one attached hydrogen (secondary N) is 1. The molecule has 0 unspecified atom stereocenters. The predicted octanol–water partition coefficient (Wildman–Crippen LogP) is 4.93. The number of aromatic amines is 1. The Hall–Kier alpha value is -3.21. The Morgan fingerprint density at radius 1 is 1.16 bits per heavy atom. The quantitative estimate of drug-likeness (QED) is 0.483. The Kier molecular flexibility index (Phi) is 6.05. The number of carbonyl (C=O) groups is 1. The van der Waals surface area contributed by atoms with E-state index in [2.05, 4.69) is 24.7 Å². The average Bonchev–Trinajstić information content (AvgIpc) is 3.80. The third-order valence-electron chi connectivity index (χ3n) is 7.47. The van der Waals surface area contributed by atoms with Gasteiger partial charge in [-0.05, 0) is 63.1 Å². The van der Waals surface area contributed by atoms with Gasteiger partial charge in [-0.3, -0.25) is 4.79 Å². The maximum Gasteiger partial charge on any atom is 0.416 e. The maximum atomic E-state index is 13.4. The molecule has 11 heteroatoms. The fourth-order valence-electron chi connectivity index (χ4n) is 5.22. The van der Waals surface area contributed by atoms with Crippen molar-refractivity contribution in [2.45, 2.75) is 76.4 Å². The van der Waals surface area contributed by atoms with E-state index >= 15 is 0 Å². The Morgan fingerprint density at radius 3 is 2.70 bits per heavy atom. The summed E-state index contributed by atoms with van der Waals surface area (Å²) in [6.45, 7) is 3.27. The molecule has 0 spiro atoms. The minimum absolute atomic E-state index is 0.0375. The lowest BCUT2D eigenvalue weighted by molar-refractivity contribution is -0.137. The Labute approximate surface area is 212 Å². The van der Waals surface area contributed by atoms with Crippen LogP contribution in [0.2, 0.25) is 0 Å². The fourth-order valence-corrected chi connectivity index (χ4v) is 5.22. The first-order valence-corrected chi connectivity index (χ1v) is 12.8. The third-order valence-corrected chi connectivity index (χ3v) is 7.47. The molecule has 1 amide bonds. The van der Waals surface area contributed by atoms with Crippen molar-refractivity contribution in [1.82, 2.24) is 29.6 Å². The summed E-state index contributed by atoms with van der Waals surface area (Å²) >= 11 is 0. The molecule has 8 nitrogen and oxygen atoms in total. The highest BCUT2D eigenvalue weighted by Gasteiger charge is 2.41. The number of benzene rings is 1. The molecule has 196 valence electrons. The number of halogens is 3. The van der Waals surface area contributed by atoms with Gasteiger partial charge >= 0.3 is 6.18 Å². The molecule has 3 aromatic rings. The van der Waals surface area contributed by atoms with Crippen molar-refractivity contribution in [3.8, 4) is 11.5 Å². The molecule has 2 atom stereocenters. The number of alkyl halides is 3. The minimum Gasteiger partial charge on any atom is -0.370 e. The van der Waals surface area contributed by atoms with Crippen LogP contribution in [0.4, 0.5) is 13.2 Å². The third kappa shape index (κ3) is 5.01. The van der Waals surface area contributed by atoms with Gasteiger partial charge in [0.2, 0.25) is 0 Å². The van der Waals surface area contributed by atoms with Gasteiger partial charge < -0.3 is 19.2 Å². The van der Waals surface area contributed by atoms with Gasteiger partial charge in [0.1, 0.15) is 11.8 Å². The van der Waals surface area contributed by atoms with E-state index in [0.717, 1.165) is 42.9 Å². The molecule has 3 aliphatic rings. The summed E-state index contributed by atoms with van der Waals surface area (Å²) in [4.78, 5) is 23.0. The predicted molar refractivity (Wildman–Crippen MR) is 127 cm³/mol. The van der Waals surface area contributed by atoms with E-state index < -0.39 is 17.8 Å². The zero-order valence-corrected chi connectivity index (χ0v) is 20.5. The van der Waals surface area contributed by atoms with E-state index in [9.17, 15) is 18.0 Å². The number of ether oxygens (including phenoxy) is 1. The number of rotatable bonds is 7. The first-order chi connectivity index (χ1) is 17.8. The van der Waals surface area contributed by atoms with Gasteiger partial charge in [-0.25, -0.2) is 4.98 Å². The van der Waals surface area contributed by atoms with Gasteiger partial charge in [0.05, 0.1) is 17.6 Å². The van der Waals surface area contributed by atoms with Crippen molar-refractivity contribution in [3.05, 3.63) is 53.2 Å². The number of imidazole rings is 1. The second-order valence-electron chi connectivity index (χ2n) is 10.4.